The number of aryl methyl sites for hydroxylation is 1. The molecular formula is C24H27NO2. The molecule has 2 aromatic carbocycles. The van der Waals surface area contributed by atoms with Gasteiger partial charge in [-0.1, -0.05) is 62.7 Å². The minimum atomic E-state index is -0.0560. The third-order valence-electron chi connectivity index (χ3n) is 5.11. The van der Waals surface area contributed by atoms with Crippen molar-refractivity contribution < 1.29 is 9.90 Å². The average Bonchev–Trinajstić information content (AvgIpc) is 2.62. The molecular weight excluding hydrogens is 334 g/mol. The lowest BCUT2D eigenvalue weighted by Crippen LogP contribution is -2.19. The summed E-state index contributed by atoms with van der Waals surface area (Å²) < 4.78 is 0. The molecule has 0 saturated heterocycles. The molecule has 0 spiro atoms. The van der Waals surface area contributed by atoms with Crippen molar-refractivity contribution in [2.75, 3.05) is 0 Å². The van der Waals surface area contributed by atoms with Gasteiger partial charge in [-0.05, 0) is 41.5 Å². The normalized spacial score (nSPS) is 18.4. The molecule has 1 aliphatic carbocycles. The highest BCUT2D eigenvalue weighted by atomic mass is 16.3. The Labute approximate surface area is 161 Å². The molecule has 0 unspecified atom stereocenters. The lowest BCUT2D eigenvalue weighted by atomic mass is 9.81. The van der Waals surface area contributed by atoms with Gasteiger partial charge in [0.05, 0.1) is 11.3 Å². The Balaban J connectivity index is 1.77. The fraction of sp³-hybridized carbons (Fsp3) is 0.333. The van der Waals surface area contributed by atoms with E-state index in [-0.39, 0.29) is 22.9 Å². The average molecular weight is 361 g/mol. The van der Waals surface area contributed by atoms with Crippen LogP contribution in [0.25, 0.3) is 0 Å². The van der Waals surface area contributed by atoms with Gasteiger partial charge in [-0.25, -0.2) is 0 Å². The van der Waals surface area contributed by atoms with Gasteiger partial charge >= 0.3 is 0 Å². The number of aliphatic hydroxyl groups is 1. The Morgan fingerprint density at radius 3 is 2.19 bits per heavy atom. The van der Waals surface area contributed by atoms with Crippen LogP contribution in [0.5, 0.6) is 0 Å². The Morgan fingerprint density at radius 2 is 1.63 bits per heavy atom. The number of allylic oxidation sites excluding steroid dienone is 2. The maximum atomic E-state index is 12.6. The van der Waals surface area contributed by atoms with Crippen molar-refractivity contribution in [1.29, 1.82) is 0 Å². The zero-order chi connectivity index (χ0) is 19.6. The maximum absolute atomic E-state index is 12.6. The zero-order valence-corrected chi connectivity index (χ0v) is 16.5. The largest absolute Gasteiger partial charge is 0.511 e. The van der Waals surface area contributed by atoms with Crippen molar-refractivity contribution in [2.24, 2.45) is 4.99 Å². The molecule has 3 nitrogen and oxygen atoms in total. The van der Waals surface area contributed by atoms with Crippen LogP contribution in [0.15, 0.2) is 64.9 Å². The van der Waals surface area contributed by atoms with E-state index in [9.17, 15) is 9.90 Å². The molecule has 140 valence electrons. The summed E-state index contributed by atoms with van der Waals surface area (Å²) in [4.78, 5) is 16.9. The lowest BCUT2D eigenvalue weighted by Gasteiger charge is -2.24. The predicted molar refractivity (Wildman–Crippen MR) is 111 cm³/mol. The van der Waals surface area contributed by atoms with Crippen LogP contribution in [-0.2, 0) is 10.2 Å². The van der Waals surface area contributed by atoms with Crippen LogP contribution >= 0.6 is 0 Å². The van der Waals surface area contributed by atoms with E-state index in [1.54, 1.807) is 0 Å². The Bertz CT molecular complexity index is 881. The first-order chi connectivity index (χ1) is 12.7. The number of benzene rings is 2. The van der Waals surface area contributed by atoms with Crippen LogP contribution in [0, 0.1) is 6.92 Å². The zero-order valence-electron chi connectivity index (χ0n) is 16.5. The highest BCUT2D eigenvalue weighted by Gasteiger charge is 2.28. The number of Topliss-reactive ketones (excluding diaryl/α,β-unsaturated/α-hetero) is 1. The van der Waals surface area contributed by atoms with E-state index in [2.05, 4.69) is 50.0 Å². The number of ketones is 1. The summed E-state index contributed by atoms with van der Waals surface area (Å²) in [7, 11) is 0. The lowest BCUT2D eigenvalue weighted by molar-refractivity contribution is -0.116. The number of aliphatic hydroxyl groups excluding tert-OH is 1. The van der Waals surface area contributed by atoms with Crippen LogP contribution in [0.3, 0.4) is 0 Å². The van der Waals surface area contributed by atoms with Crippen molar-refractivity contribution in [3.8, 4) is 0 Å². The summed E-state index contributed by atoms with van der Waals surface area (Å²) in [5.41, 5.74) is 4.72. The second kappa shape index (κ2) is 7.51. The minimum Gasteiger partial charge on any atom is -0.511 e. The number of carbonyl (C=O) groups is 1. The molecule has 1 atom stereocenters. The molecule has 0 aromatic heterocycles. The van der Waals surface area contributed by atoms with Crippen LogP contribution in [0.1, 0.15) is 56.2 Å². The number of aliphatic imine (C=N–C) groups is 1. The summed E-state index contributed by atoms with van der Waals surface area (Å²) in [6.45, 7) is 8.56. The highest BCUT2D eigenvalue weighted by molar-refractivity contribution is 6.15. The predicted octanol–water partition coefficient (Wildman–Crippen LogP) is 5.95. The summed E-state index contributed by atoms with van der Waals surface area (Å²) >= 11 is 0. The Kier molecular flexibility index (Phi) is 5.31. The SMILES string of the molecule is Cc1ccc(N=CC2=C(O)C[C@@H](c3ccc(C(C)(C)C)cc3)CC2=O)cc1. The molecule has 0 radical (unpaired) electrons. The van der Waals surface area contributed by atoms with Gasteiger partial charge in [-0.3, -0.25) is 9.79 Å². The van der Waals surface area contributed by atoms with Crippen LogP contribution in [0.2, 0.25) is 0 Å². The summed E-state index contributed by atoms with van der Waals surface area (Å²) in [6.07, 6.45) is 2.37. The molecule has 3 rings (SSSR count). The van der Waals surface area contributed by atoms with Crippen molar-refractivity contribution in [1.82, 2.24) is 0 Å². The van der Waals surface area contributed by atoms with E-state index in [0.29, 0.717) is 18.4 Å². The topological polar surface area (TPSA) is 49.7 Å². The van der Waals surface area contributed by atoms with E-state index in [0.717, 1.165) is 16.8 Å². The van der Waals surface area contributed by atoms with E-state index >= 15 is 0 Å². The van der Waals surface area contributed by atoms with Crippen molar-refractivity contribution in [3.63, 3.8) is 0 Å². The molecule has 1 aliphatic rings. The molecule has 3 heteroatoms. The first-order valence-corrected chi connectivity index (χ1v) is 9.40. The first-order valence-electron chi connectivity index (χ1n) is 9.40. The van der Waals surface area contributed by atoms with Gasteiger partial charge in [0.15, 0.2) is 5.78 Å². The summed E-state index contributed by atoms with van der Waals surface area (Å²) in [5.74, 6) is 0.0922. The molecule has 0 bridgehead atoms. The van der Waals surface area contributed by atoms with Gasteiger partial charge in [0.25, 0.3) is 0 Å². The Hall–Kier alpha value is -2.68. The maximum Gasteiger partial charge on any atom is 0.168 e. The van der Waals surface area contributed by atoms with Gasteiger partial charge < -0.3 is 5.11 Å². The van der Waals surface area contributed by atoms with Crippen LogP contribution in [-0.4, -0.2) is 17.1 Å². The van der Waals surface area contributed by atoms with E-state index in [4.69, 9.17) is 0 Å². The quantitative estimate of drug-likeness (QED) is 0.686. The third-order valence-corrected chi connectivity index (χ3v) is 5.11. The second-order valence-corrected chi connectivity index (χ2v) is 8.35. The second-order valence-electron chi connectivity index (χ2n) is 8.35. The van der Waals surface area contributed by atoms with Crippen LogP contribution in [0.4, 0.5) is 5.69 Å². The molecule has 0 fully saturated rings. The molecule has 0 aliphatic heterocycles. The molecule has 27 heavy (non-hydrogen) atoms. The molecule has 2 aromatic rings. The number of nitrogens with zero attached hydrogens (tertiary/aromatic N) is 1. The van der Waals surface area contributed by atoms with Gasteiger partial charge in [-0.15, -0.1) is 0 Å². The number of hydrogen-bond donors (Lipinski definition) is 1. The third kappa shape index (κ3) is 4.54. The van der Waals surface area contributed by atoms with Crippen molar-refractivity contribution >= 4 is 17.7 Å². The van der Waals surface area contributed by atoms with Gasteiger partial charge in [0.1, 0.15) is 5.76 Å². The fourth-order valence-electron chi connectivity index (χ4n) is 3.32. The molecule has 0 heterocycles. The highest BCUT2D eigenvalue weighted by Crippen LogP contribution is 2.34. The monoisotopic (exact) mass is 361 g/mol. The number of hydrogen-bond acceptors (Lipinski definition) is 3. The fourth-order valence-corrected chi connectivity index (χ4v) is 3.32. The van der Waals surface area contributed by atoms with Crippen molar-refractivity contribution in [2.45, 2.75) is 51.9 Å². The summed E-state index contributed by atoms with van der Waals surface area (Å²) in [6, 6.07) is 16.1. The van der Waals surface area contributed by atoms with E-state index < -0.39 is 0 Å². The van der Waals surface area contributed by atoms with Crippen molar-refractivity contribution in [3.05, 3.63) is 76.6 Å². The molecule has 0 saturated carbocycles. The molecule has 1 N–H and O–H groups in total. The van der Waals surface area contributed by atoms with E-state index in [1.807, 2.05) is 31.2 Å². The minimum absolute atomic E-state index is 0.0167. The van der Waals surface area contributed by atoms with Gasteiger partial charge in [0.2, 0.25) is 0 Å². The van der Waals surface area contributed by atoms with Gasteiger partial charge in [0, 0.05) is 19.1 Å². The standard InChI is InChI=1S/C24H27NO2/c1-16-5-11-20(12-6-16)25-15-21-22(26)13-18(14-23(21)27)17-7-9-19(10-8-17)24(2,3)4/h5-12,15,18,26H,13-14H2,1-4H3/t18-/m1/s1. The first kappa shape index (κ1) is 19.1. The number of carbonyl (C=O) groups excluding carboxylic acids is 1. The smallest absolute Gasteiger partial charge is 0.168 e. The Morgan fingerprint density at radius 1 is 1.00 bits per heavy atom. The summed E-state index contributed by atoms with van der Waals surface area (Å²) in [5, 5.41) is 10.4. The number of rotatable bonds is 3. The molecule has 0 amide bonds. The van der Waals surface area contributed by atoms with E-state index in [1.165, 1.54) is 11.8 Å². The van der Waals surface area contributed by atoms with Crippen LogP contribution < -0.4 is 0 Å². The van der Waals surface area contributed by atoms with Gasteiger partial charge in [-0.2, -0.15) is 0 Å².